The lowest BCUT2D eigenvalue weighted by molar-refractivity contribution is 0.102. The highest BCUT2D eigenvalue weighted by atomic mass is 32.2. The Hall–Kier alpha value is -3.49. The van der Waals surface area contributed by atoms with Crippen molar-refractivity contribution in [3.8, 4) is 0 Å². The standard InChI is InChI=1S/C26H29N3O4S/c1-5-29(6-2)34(32,33)22-16-17-24(28(3)4)23(18-22)27-26(31)21-14-12-20(13-15-21)25(30)19-10-8-7-9-11-19/h7-18H,5-6H2,1-4H3,(H,27,31). The largest absolute Gasteiger partial charge is 0.376 e. The molecule has 0 heterocycles. The molecule has 7 nitrogen and oxygen atoms in total. The van der Waals surface area contributed by atoms with Crippen LogP contribution in [0.4, 0.5) is 11.4 Å². The summed E-state index contributed by atoms with van der Waals surface area (Å²) >= 11 is 0. The van der Waals surface area contributed by atoms with E-state index in [1.54, 1.807) is 79.4 Å². The van der Waals surface area contributed by atoms with Crippen LogP contribution in [0.2, 0.25) is 0 Å². The molecule has 178 valence electrons. The summed E-state index contributed by atoms with van der Waals surface area (Å²) in [4.78, 5) is 27.5. The van der Waals surface area contributed by atoms with Gasteiger partial charge < -0.3 is 10.2 Å². The summed E-state index contributed by atoms with van der Waals surface area (Å²) in [6, 6.07) is 20.0. The summed E-state index contributed by atoms with van der Waals surface area (Å²) < 4.78 is 27.3. The van der Waals surface area contributed by atoms with Crippen LogP contribution in [0.3, 0.4) is 0 Å². The number of ketones is 1. The van der Waals surface area contributed by atoms with Crippen molar-refractivity contribution in [2.24, 2.45) is 0 Å². The number of benzene rings is 3. The first kappa shape index (κ1) is 25.1. The molecule has 34 heavy (non-hydrogen) atoms. The second-order valence-electron chi connectivity index (χ2n) is 7.89. The van der Waals surface area contributed by atoms with Crippen LogP contribution in [0.25, 0.3) is 0 Å². The Balaban J connectivity index is 1.88. The quantitative estimate of drug-likeness (QED) is 0.463. The minimum atomic E-state index is -3.68. The molecule has 3 rings (SSSR count). The van der Waals surface area contributed by atoms with Crippen LogP contribution >= 0.6 is 0 Å². The first-order valence-electron chi connectivity index (χ1n) is 11.0. The number of hydrogen-bond acceptors (Lipinski definition) is 5. The summed E-state index contributed by atoms with van der Waals surface area (Å²) in [7, 11) is -0.0560. The maximum atomic E-state index is 13.0. The van der Waals surface area contributed by atoms with Gasteiger partial charge in [0.2, 0.25) is 10.0 Å². The first-order chi connectivity index (χ1) is 16.2. The van der Waals surface area contributed by atoms with E-state index in [1.807, 2.05) is 20.2 Å². The van der Waals surface area contributed by atoms with Gasteiger partial charge in [-0.05, 0) is 30.3 Å². The van der Waals surface area contributed by atoms with Crippen molar-refractivity contribution in [2.75, 3.05) is 37.4 Å². The molecule has 0 spiro atoms. The van der Waals surface area contributed by atoms with Crippen LogP contribution in [-0.2, 0) is 10.0 Å². The lowest BCUT2D eigenvalue weighted by atomic mass is 10.0. The number of nitrogens with zero attached hydrogens (tertiary/aromatic N) is 2. The molecule has 0 aliphatic carbocycles. The van der Waals surface area contributed by atoms with E-state index in [2.05, 4.69) is 5.32 Å². The highest BCUT2D eigenvalue weighted by molar-refractivity contribution is 7.89. The third kappa shape index (κ3) is 5.35. The molecule has 0 fully saturated rings. The van der Waals surface area contributed by atoms with Crippen LogP contribution in [-0.4, -0.2) is 51.6 Å². The number of nitrogens with one attached hydrogen (secondary N) is 1. The van der Waals surface area contributed by atoms with Crippen LogP contribution in [0.5, 0.6) is 0 Å². The van der Waals surface area contributed by atoms with Gasteiger partial charge in [0, 0.05) is 43.9 Å². The molecular formula is C26H29N3O4S. The molecule has 8 heteroatoms. The molecule has 0 aliphatic heterocycles. The van der Waals surface area contributed by atoms with Gasteiger partial charge in [0.05, 0.1) is 16.3 Å². The number of anilines is 2. The van der Waals surface area contributed by atoms with Crippen LogP contribution < -0.4 is 10.2 Å². The second kappa shape index (κ2) is 10.6. The number of hydrogen-bond donors (Lipinski definition) is 1. The molecule has 0 saturated heterocycles. The third-order valence-electron chi connectivity index (χ3n) is 5.49. The van der Waals surface area contributed by atoms with E-state index >= 15 is 0 Å². The van der Waals surface area contributed by atoms with Gasteiger partial charge in [0.1, 0.15) is 0 Å². The van der Waals surface area contributed by atoms with Crippen LogP contribution in [0.15, 0.2) is 77.7 Å². The zero-order valence-corrected chi connectivity index (χ0v) is 20.6. The zero-order chi connectivity index (χ0) is 24.9. The summed E-state index contributed by atoms with van der Waals surface area (Å²) in [5.41, 5.74) is 2.45. The molecule has 0 radical (unpaired) electrons. The van der Waals surface area contributed by atoms with Gasteiger partial charge in [-0.3, -0.25) is 9.59 Å². The predicted octanol–water partition coefficient (Wildman–Crippen LogP) is 4.27. The fraction of sp³-hybridized carbons (Fsp3) is 0.231. The fourth-order valence-electron chi connectivity index (χ4n) is 3.60. The monoisotopic (exact) mass is 479 g/mol. The summed E-state index contributed by atoms with van der Waals surface area (Å²) in [6.45, 7) is 4.27. The van der Waals surface area contributed by atoms with Crippen molar-refractivity contribution in [3.05, 3.63) is 89.5 Å². The van der Waals surface area contributed by atoms with E-state index in [1.165, 1.54) is 10.4 Å². The third-order valence-corrected chi connectivity index (χ3v) is 7.53. The van der Waals surface area contributed by atoms with Gasteiger partial charge in [-0.1, -0.05) is 56.3 Å². The molecule has 0 aromatic heterocycles. The molecule has 0 atom stereocenters. The zero-order valence-electron chi connectivity index (χ0n) is 19.8. The Kier molecular flexibility index (Phi) is 7.86. The lowest BCUT2D eigenvalue weighted by Crippen LogP contribution is -2.30. The Labute approximate surface area is 201 Å². The van der Waals surface area contributed by atoms with Crippen molar-refractivity contribution in [2.45, 2.75) is 18.7 Å². The van der Waals surface area contributed by atoms with Gasteiger partial charge in [0.15, 0.2) is 5.78 Å². The van der Waals surface area contributed by atoms with E-state index in [0.717, 1.165) is 0 Å². The van der Waals surface area contributed by atoms with Crippen molar-refractivity contribution in [1.29, 1.82) is 0 Å². The maximum absolute atomic E-state index is 13.0. The minimum Gasteiger partial charge on any atom is -0.376 e. The van der Waals surface area contributed by atoms with Gasteiger partial charge in [0.25, 0.3) is 5.91 Å². The van der Waals surface area contributed by atoms with Crippen molar-refractivity contribution < 1.29 is 18.0 Å². The molecule has 0 saturated carbocycles. The SMILES string of the molecule is CCN(CC)S(=O)(=O)c1ccc(N(C)C)c(NC(=O)c2ccc(C(=O)c3ccccc3)cc2)c1. The Morgan fingerprint density at radius 2 is 1.35 bits per heavy atom. The summed E-state index contributed by atoms with van der Waals surface area (Å²) in [5.74, 6) is -0.532. The number of amides is 1. The van der Waals surface area contributed by atoms with E-state index < -0.39 is 15.9 Å². The summed E-state index contributed by atoms with van der Waals surface area (Å²) in [5, 5.41) is 2.83. The van der Waals surface area contributed by atoms with Crippen molar-refractivity contribution in [3.63, 3.8) is 0 Å². The number of carbonyl (C=O) groups is 2. The van der Waals surface area contributed by atoms with E-state index in [-0.39, 0.29) is 10.7 Å². The topological polar surface area (TPSA) is 86.8 Å². The van der Waals surface area contributed by atoms with Crippen molar-refractivity contribution >= 4 is 33.1 Å². The van der Waals surface area contributed by atoms with Gasteiger partial charge in [-0.15, -0.1) is 0 Å². The molecule has 3 aromatic rings. The van der Waals surface area contributed by atoms with E-state index in [4.69, 9.17) is 0 Å². The second-order valence-corrected chi connectivity index (χ2v) is 9.83. The molecule has 1 N–H and O–H groups in total. The smallest absolute Gasteiger partial charge is 0.255 e. The Morgan fingerprint density at radius 3 is 1.91 bits per heavy atom. The molecular weight excluding hydrogens is 450 g/mol. The highest BCUT2D eigenvalue weighted by Gasteiger charge is 2.23. The number of rotatable bonds is 9. The summed E-state index contributed by atoms with van der Waals surface area (Å²) in [6.07, 6.45) is 0. The minimum absolute atomic E-state index is 0.112. The average molecular weight is 480 g/mol. The first-order valence-corrected chi connectivity index (χ1v) is 12.5. The van der Waals surface area contributed by atoms with E-state index in [0.29, 0.717) is 41.2 Å². The normalized spacial score (nSPS) is 11.3. The molecule has 0 aliphatic rings. The Morgan fingerprint density at radius 1 is 0.794 bits per heavy atom. The van der Waals surface area contributed by atoms with Gasteiger partial charge in [-0.2, -0.15) is 4.31 Å². The lowest BCUT2D eigenvalue weighted by Gasteiger charge is -2.22. The fourth-order valence-corrected chi connectivity index (χ4v) is 5.09. The number of sulfonamides is 1. The van der Waals surface area contributed by atoms with Crippen LogP contribution in [0, 0.1) is 0 Å². The van der Waals surface area contributed by atoms with Gasteiger partial charge >= 0.3 is 0 Å². The molecule has 0 bridgehead atoms. The molecule has 3 aromatic carbocycles. The predicted molar refractivity (Wildman–Crippen MR) is 135 cm³/mol. The van der Waals surface area contributed by atoms with Crippen molar-refractivity contribution in [1.82, 2.24) is 4.31 Å². The van der Waals surface area contributed by atoms with Crippen LogP contribution in [0.1, 0.15) is 40.1 Å². The molecule has 0 unspecified atom stereocenters. The average Bonchev–Trinajstić information content (AvgIpc) is 2.84. The highest BCUT2D eigenvalue weighted by Crippen LogP contribution is 2.29. The Bertz CT molecular complexity index is 1270. The number of carbonyl (C=O) groups excluding carboxylic acids is 2. The maximum Gasteiger partial charge on any atom is 0.255 e. The van der Waals surface area contributed by atoms with Gasteiger partial charge in [-0.25, -0.2) is 8.42 Å². The van der Waals surface area contributed by atoms with E-state index in [9.17, 15) is 18.0 Å². The molecule has 1 amide bonds.